The van der Waals surface area contributed by atoms with Gasteiger partial charge in [0, 0.05) is 37.9 Å². The van der Waals surface area contributed by atoms with Crippen molar-refractivity contribution in [3.63, 3.8) is 0 Å². The van der Waals surface area contributed by atoms with Crippen LogP contribution in [0.4, 0.5) is 5.69 Å². The molecule has 5 heteroatoms. The molecule has 3 heterocycles. The number of carbonyl (C=O) groups is 1. The van der Waals surface area contributed by atoms with Gasteiger partial charge in [-0.25, -0.2) is 9.97 Å². The van der Waals surface area contributed by atoms with Crippen LogP contribution in [-0.4, -0.2) is 40.4 Å². The molecule has 2 aliphatic heterocycles. The summed E-state index contributed by atoms with van der Waals surface area (Å²) in [5.41, 5.74) is 3.64. The van der Waals surface area contributed by atoms with Gasteiger partial charge in [0.05, 0.1) is 11.7 Å². The number of nitrogens with zero attached hydrogens (tertiary/aromatic N) is 4. The molecule has 1 amide bonds. The van der Waals surface area contributed by atoms with E-state index in [9.17, 15) is 4.79 Å². The Morgan fingerprint density at radius 1 is 1.21 bits per heavy atom. The number of fused-ring (bicyclic) bond motifs is 1. The second kappa shape index (κ2) is 6.59. The van der Waals surface area contributed by atoms with Crippen molar-refractivity contribution in [2.75, 3.05) is 24.5 Å². The zero-order chi connectivity index (χ0) is 16.4. The molecule has 1 atom stereocenters. The maximum Gasteiger partial charge on any atom is 0.224 e. The standard InChI is InChI=1S/C19H22N4O/c24-19(9-13-22-12-8-15-4-1-2-5-17(15)22)23-11-3-6-18(23)16-7-10-20-14-21-16/h1-2,4-5,7,10,14,18H,3,6,8-9,11-13H2/t18-/m0/s1. The summed E-state index contributed by atoms with van der Waals surface area (Å²) in [6.07, 6.45) is 7.01. The predicted molar refractivity (Wildman–Crippen MR) is 92.7 cm³/mol. The molecule has 2 aromatic rings. The van der Waals surface area contributed by atoms with E-state index in [0.29, 0.717) is 6.42 Å². The van der Waals surface area contributed by atoms with Crippen LogP contribution in [0.25, 0.3) is 0 Å². The van der Waals surface area contributed by atoms with Gasteiger partial charge in [-0.05, 0) is 37.0 Å². The smallest absolute Gasteiger partial charge is 0.224 e. The van der Waals surface area contributed by atoms with Gasteiger partial charge in [0.25, 0.3) is 0 Å². The highest BCUT2D eigenvalue weighted by Crippen LogP contribution is 2.32. The Kier molecular flexibility index (Phi) is 4.15. The number of para-hydroxylation sites is 1. The summed E-state index contributed by atoms with van der Waals surface area (Å²) in [5, 5.41) is 0. The molecule has 1 fully saturated rings. The first-order valence-corrected chi connectivity index (χ1v) is 8.71. The van der Waals surface area contributed by atoms with Crippen LogP contribution in [0.3, 0.4) is 0 Å². The van der Waals surface area contributed by atoms with Crippen LogP contribution >= 0.6 is 0 Å². The minimum absolute atomic E-state index is 0.117. The molecule has 0 unspecified atom stereocenters. The number of hydrogen-bond donors (Lipinski definition) is 0. The Morgan fingerprint density at radius 2 is 2.12 bits per heavy atom. The molecule has 124 valence electrons. The van der Waals surface area contributed by atoms with E-state index in [1.54, 1.807) is 12.5 Å². The number of rotatable bonds is 4. The number of carbonyl (C=O) groups excluding carboxylic acids is 1. The van der Waals surface area contributed by atoms with Crippen LogP contribution < -0.4 is 4.90 Å². The molecule has 5 nitrogen and oxygen atoms in total. The normalized spacial score (nSPS) is 19.6. The highest BCUT2D eigenvalue weighted by atomic mass is 16.2. The highest BCUT2D eigenvalue weighted by Gasteiger charge is 2.31. The predicted octanol–water partition coefficient (Wildman–Crippen LogP) is 2.59. The SMILES string of the molecule is O=C(CCN1CCc2ccccc21)N1CCC[C@H]1c1ccncn1. The summed E-state index contributed by atoms with van der Waals surface area (Å²) in [4.78, 5) is 25.4. The molecular weight excluding hydrogens is 300 g/mol. The molecule has 0 aliphatic carbocycles. The lowest BCUT2D eigenvalue weighted by Gasteiger charge is -2.26. The van der Waals surface area contributed by atoms with E-state index in [-0.39, 0.29) is 11.9 Å². The van der Waals surface area contributed by atoms with E-state index in [0.717, 1.165) is 44.6 Å². The molecule has 0 saturated carbocycles. The molecule has 1 saturated heterocycles. The van der Waals surface area contributed by atoms with Gasteiger partial charge in [-0.3, -0.25) is 4.79 Å². The third-order valence-corrected chi connectivity index (χ3v) is 5.10. The fourth-order valence-corrected chi connectivity index (χ4v) is 3.88. The second-order valence-corrected chi connectivity index (χ2v) is 6.50. The van der Waals surface area contributed by atoms with Gasteiger partial charge < -0.3 is 9.80 Å². The third kappa shape index (κ3) is 2.86. The van der Waals surface area contributed by atoms with Crippen molar-refractivity contribution in [3.05, 3.63) is 54.1 Å². The van der Waals surface area contributed by atoms with Crippen molar-refractivity contribution < 1.29 is 4.79 Å². The van der Waals surface area contributed by atoms with Crippen molar-refractivity contribution in [3.8, 4) is 0 Å². The lowest BCUT2D eigenvalue weighted by Crippen LogP contribution is -2.34. The van der Waals surface area contributed by atoms with Crippen molar-refractivity contribution >= 4 is 11.6 Å². The first-order valence-electron chi connectivity index (χ1n) is 8.71. The molecule has 1 aromatic carbocycles. The number of likely N-dealkylation sites (tertiary alicyclic amines) is 1. The number of amides is 1. The van der Waals surface area contributed by atoms with E-state index < -0.39 is 0 Å². The van der Waals surface area contributed by atoms with Gasteiger partial charge in [-0.15, -0.1) is 0 Å². The fourth-order valence-electron chi connectivity index (χ4n) is 3.88. The first kappa shape index (κ1) is 15.1. The molecular formula is C19H22N4O. The van der Waals surface area contributed by atoms with Gasteiger partial charge in [-0.1, -0.05) is 18.2 Å². The number of hydrogen-bond acceptors (Lipinski definition) is 4. The molecule has 4 rings (SSSR count). The van der Waals surface area contributed by atoms with Gasteiger partial charge in [0.2, 0.25) is 5.91 Å². The summed E-state index contributed by atoms with van der Waals surface area (Å²) in [5.74, 6) is 0.237. The average Bonchev–Trinajstić information content (AvgIpc) is 3.28. The Hall–Kier alpha value is -2.43. The summed E-state index contributed by atoms with van der Waals surface area (Å²) in [6, 6.07) is 10.5. The topological polar surface area (TPSA) is 49.3 Å². The van der Waals surface area contributed by atoms with Crippen molar-refractivity contribution in [2.24, 2.45) is 0 Å². The zero-order valence-corrected chi connectivity index (χ0v) is 13.8. The Labute approximate surface area is 142 Å². The monoisotopic (exact) mass is 322 g/mol. The molecule has 0 bridgehead atoms. The molecule has 0 radical (unpaired) electrons. The lowest BCUT2D eigenvalue weighted by molar-refractivity contribution is -0.132. The van der Waals surface area contributed by atoms with E-state index in [2.05, 4.69) is 39.1 Å². The molecule has 0 spiro atoms. The van der Waals surface area contributed by atoms with Crippen LogP contribution in [0.5, 0.6) is 0 Å². The minimum atomic E-state index is 0.117. The van der Waals surface area contributed by atoms with Gasteiger partial charge in [-0.2, -0.15) is 0 Å². The number of anilines is 1. The van der Waals surface area contributed by atoms with Gasteiger partial charge >= 0.3 is 0 Å². The quantitative estimate of drug-likeness (QED) is 0.868. The van der Waals surface area contributed by atoms with Crippen molar-refractivity contribution in [1.82, 2.24) is 14.9 Å². The minimum Gasteiger partial charge on any atom is -0.370 e. The van der Waals surface area contributed by atoms with Crippen LogP contribution in [-0.2, 0) is 11.2 Å². The first-order chi connectivity index (χ1) is 11.8. The van der Waals surface area contributed by atoms with Crippen molar-refractivity contribution in [2.45, 2.75) is 31.7 Å². The molecule has 0 N–H and O–H groups in total. The number of aromatic nitrogens is 2. The molecule has 1 aromatic heterocycles. The number of benzene rings is 1. The zero-order valence-electron chi connectivity index (χ0n) is 13.8. The van der Waals surface area contributed by atoms with E-state index in [1.165, 1.54) is 11.3 Å². The largest absolute Gasteiger partial charge is 0.370 e. The Morgan fingerprint density at radius 3 is 3.00 bits per heavy atom. The Balaban J connectivity index is 1.40. The average molecular weight is 322 g/mol. The maximum absolute atomic E-state index is 12.8. The molecule has 24 heavy (non-hydrogen) atoms. The van der Waals surface area contributed by atoms with Crippen LogP contribution in [0, 0.1) is 0 Å². The van der Waals surface area contributed by atoms with Gasteiger partial charge in [0.1, 0.15) is 6.33 Å². The van der Waals surface area contributed by atoms with Gasteiger partial charge in [0.15, 0.2) is 0 Å². The van der Waals surface area contributed by atoms with E-state index in [4.69, 9.17) is 0 Å². The fraction of sp³-hybridized carbons (Fsp3) is 0.421. The van der Waals surface area contributed by atoms with Crippen LogP contribution in [0.1, 0.15) is 36.6 Å². The highest BCUT2D eigenvalue weighted by molar-refractivity contribution is 5.78. The van der Waals surface area contributed by atoms with Crippen LogP contribution in [0.2, 0.25) is 0 Å². The second-order valence-electron chi connectivity index (χ2n) is 6.50. The summed E-state index contributed by atoms with van der Waals surface area (Å²) >= 11 is 0. The third-order valence-electron chi connectivity index (χ3n) is 5.10. The Bertz CT molecular complexity index is 718. The maximum atomic E-state index is 12.8. The lowest BCUT2D eigenvalue weighted by atomic mass is 10.1. The summed E-state index contributed by atoms with van der Waals surface area (Å²) in [7, 11) is 0. The van der Waals surface area contributed by atoms with Crippen molar-refractivity contribution in [1.29, 1.82) is 0 Å². The van der Waals surface area contributed by atoms with Crippen LogP contribution in [0.15, 0.2) is 42.9 Å². The summed E-state index contributed by atoms with van der Waals surface area (Å²) in [6.45, 7) is 2.65. The van der Waals surface area contributed by atoms with E-state index in [1.807, 2.05) is 11.0 Å². The molecule has 2 aliphatic rings. The summed E-state index contributed by atoms with van der Waals surface area (Å²) < 4.78 is 0. The van der Waals surface area contributed by atoms with E-state index >= 15 is 0 Å².